The Balaban J connectivity index is 1.35. The number of benzene rings is 4. The molecule has 6 rings (SSSR count). The summed E-state index contributed by atoms with van der Waals surface area (Å²) in [6.07, 6.45) is 1.83. The van der Waals surface area contributed by atoms with Crippen LogP contribution in [0.2, 0.25) is 0 Å². The molecule has 0 fully saturated rings. The largest absolute Gasteiger partial charge is 0.457 e. The van der Waals surface area contributed by atoms with Crippen LogP contribution in [0.15, 0.2) is 101 Å². The highest BCUT2D eigenvalue weighted by atomic mass is 32.2. The number of aromatic nitrogens is 2. The Bertz CT molecular complexity index is 1950. The smallest absolute Gasteiger partial charge is 0.263 e. The van der Waals surface area contributed by atoms with Crippen LogP contribution in [-0.2, 0) is 17.1 Å². The van der Waals surface area contributed by atoms with Gasteiger partial charge in [0.2, 0.25) is 0 Å². The summed E-state index contributed by atoms with van der Waals surface area (Å²) in [5.41, 5.74) is 1.49. The number of fused-ring (bicyclic) bond motifs is 2. The van der Waals surface area contributed by atoms with Gasteiger partial charge in [-0.25, -0.2) is 17.2 Å². The summed E-state index contributed by atoms with van der Waals surface area (Å²) in [6, 6.07) is 23.2. The van der Waals surface area contributed by atoms with Crippen LogP contribution in [0.25, 0.3) is 33.0 Å². The number of sulfonamides is 1. The van der Waals surface area contributed by atoms with Gasteiger partial charge in [0.15, 0.2) is 23.2 Å². The Morgan fingerprint density at radius 1 is 0.895 bits per heavy atom. The van der Waals surface area contributed by atoms with Crippen molar-refractivity contribution in [3.05, 3.63) is 103 Å². The van der Waals surface area contributed by atoms with Gasteiger partial charge < -0.3 is 13.8 Å². The van der Waals surface area contributed by atoms with Crippen molar-refractivity contribution in [2.24, 2.45) is 7.05 Å². The van der Waals surface area contributed by atoms with Gasteiger partial charge in [-0.1, -0.05) is 41.6 Å². The maximum Gasteiger partial charge on any atom is 0.263 e. The number of nitrogens with zero attached hydrogens (tertiary/aromatic N) is 2. The van der Waals surface area contributed by atoms with E-state index in [2.05, 4.69) is 9.88 Å². The number of rotatable bonds is 6. The number of ether oxygens (including phenoxy) is 1. The Morgan fingerprint density at radius 2 is 1.71 bits per heavy atom. The third kappa shape index (κ3) is 4.24. The normalized spacial score (nSPS) is 11.8. The molecule has 0 aliphatic heterocycles. The summed E-state index contributed by atoms with van der Waals surface area (Å²) in [5.74, 6) is -1.02. The second-order valence-corrected chi connectivity index (χ2v) is 10.4. The molecule has 6 aromatic rings. The fourth-order valence-electron chi connectivity index (χ4n) is 4.33. The Hall–Kier alpha value is -4.70. The number of hydrogen-bond donors (Lipinski definition) is 1. The Kier molecular flexibility index (Phi) is 5.61. The van der Waals surface area contributed by atoms with E-state index in [1.54, 1.807) is 0 Å². The van der Waals surface area contributed by atoms with Crippen molar-refractivity contribution in [2.45, 2.75) is 4.90 Å². The zero-order valence-electron chi connectivity index (χ0n) is 19.9. The molecule has 10 heteroatoms. The van der Waals surface area contributed by atoms with Crippen LogP contribution in [0.3, 0.4) is 0 Å². The van der Waals surface area contributed by atoms with E-state index in [9.17, 15) is 17.2 Å². The molecular formula is C28H19F2N3O4S. The molecule has 0 aliphatic carbocycles. The van der Waals surface area contributed by atoms with E-state index in [0.717, 1.165) is 33.8 Å². The summed E-state index contributed by atoms with van der Waals surface area (Å²) in [7, 11) is -2.36. The van der Waals surface area contributed by atoms with Crippen molar-refractivity contribution < 1.29 is 26.5 Å². The fourth-order valence-corrected chi connectivity index (χ4v) is 5.33. The molecule has 0 radical (unpaired) electrons. The van der Waals surface area contributed by atoms with Crippen molar-refractivity contribution >= 4 is 37.5 Å². The van der Waals surface area contributed by atoms with Crippen LogP contribution in [0.4, 0.5) is 14.6 Å². The third-order valence-corrected chi connectivity index (χ3v) is 7.49. The summed E-state index contributed by atoms with van der Waals surface area (Å²) in [5, 5.41) is 6.70. The average molecular weight is 532 g/mol. The lowest BCUT2D eigenvalue weighted by Gasteiger charge is -2.09. The highest BCUT2D eigenvalue weighted by molar-refractivity contribution is 7.92. The van der Waals surface area contributed by atoms with Crippen molar-refractivity contribution in [2.75, 3.05) is 4.72 Å². The number of aryl methyl sites for hydroxylation is 1. The topological polar surface area (TPSA) is 86.4 Å². The summed E-state index contributed by atoms with van der Waals surface area (Å²) in [6.45, 7) is 0. The maximum absolute atomic E-state index is 13.6. The van der Waals surface area contributed by atoms with Crippen molar-refractivity contribution in [3.8, 4) is 22.8 Å². The molecule has 0 saturated heterocycles. The first-order valence-corrected chi connectivity index (χ1v) is 13.0. The van der Waals surface area contributed by atoms with E-state index in [-0.39, 0.29) is 11.6 Å². The zero-order valence-corrected chi connectivity index (χ0v) is 20.7. The molecule has 0 bridgehead atoms. The lowest BCUT2D eigenvalue weighted by Crippen LogP contribution is -2.13. The lowest BCUT2D eigenvalue weighted by atomic mass is 10.1. The van der Waals surface area contributed by atoms with Crippen LogP contribution in [-0.4, -0.2) is 18.1 Å². The SMILES string of the molecule is Cn1cc(-c2cc(NS(=O)(=O)c3ccc(F)c(F)c3)no2)c2c(Oc3ccc4ccccc4c3)cccc21. The molecule has 0 spiro atoms. The molecule has 2 aromatic heterocycles. The van der Waals surface area contributed by atoms with Crippen molar-refractivity contribution in [1.29, 1.82) is 0 Å². The molecule has 1 N–H and O–H groups in total. The molecule has 0 aliphatic rings. The van der Waals surface area contributed by atoms with Crippen LogP contribution in [0, 0.1) is 11.6 Å². The number of anilines is 1. The van der Waals surface area contributed by atoms with Gasteiger partial charge in [-0.15, -0.1) is 0 Å². The van der Waals surface area contributed by atoms with Crippen LogP contribution in [0.1, 0.15) is 0 Å². The molecular weight excluding hydrogens is 512 g/mol. The second-order valence-electron chi connectivity index (χ2n) is 8.67. The highest BCUT2D eigenvalue weighted by Crippen LogP contribution is 2.39. The third-order valence-electron chi connectivity index (χ3n) is 6.14. The van der Waals surface area contributed by atoms with E-state index in [1.807, 2.05) is 78.5 Å². The average Bonchev–Trinajstić information content (AvgIpc) is 3.50. The van der Waals surface area contributed by atoms with Gasteiger partial charge in [0, 0.05) is 24.9 Å². The number of hydrogen-bond acceptors (Lipinski definition) is 5. The molecule has 0 unspecified atom stereocenters. The van der Waals surface area contributed by atoms with Gasteiger partial charge in [0.05, 0.1) is 15.8 Å². The van der Waals surface area contributed by atoms with Crippen LogP contribution in [0.5, 0.6) is 11.5 Å². The second kappa shape index (κ2) is 9.00. The minimum atomic E-state index is -4.23. The Morgan fingerprint density at radius 3 is 2.53 bits per heavy atom. The van der Waals surface area contributed by atoms with Gasteiger partial charge in [0.25, 0.3) is 10.0 Å². The summed E-state index contributed by atoms with van der Waals surface area (Å²) in [4.78, 5) is -0.447. The fraction of sp³-hybridized carbons (Fsp3) is 0.0357. The van der Waals surface area contributed by atoms with E-state index in [0.29, 0.717) is 23.1 Å². The van der Waals surface area contributed by atoms with E-state index < -0.39 is 26.6 Å². The molecule has 0 saturated carbocycles. The predicted molar refractivity (Wildman–Crippen MR) is 140 cm³/mol. The molecule has 7 nitrogen and oxygen atoms in total. The van der Waals surface area contributed by atoms with E-state index >= 15 is 0 Å². The van der Waals surface area contributed by atoms with Crippen LogP contribution >= 0.6 is 0 Å². The first kappa shape index (κ1) is 23.7. The molecule has 4 aromatic carbocycles. The molecule has 2 heterocycles. The highest BCUT2D eigenvalue weighted by Gasteiger charge is 2.21. The van der Waals surface area contributed by atoms with E-state index in [4.69, 9.17) is 9.26 Å². The lowest BCUT2D eigenvalue weighted by molar-refractivity contribution is 0.435. The standard InChI is InChI=1S/C28H19F2N3O4S/c1-33-16-21(26-15-27(31-37-26)32-38(34,35)20-11-12-22(29)23(30)14-20)28-24(33)7-4-8-25(28)36-19-10-9-17-5-2-3-6-18(17)13-19/h2-16H,1H3,(H,31,32). The number of nitrogens with one attached hydrogen (secondary N) is 1. The van der Waals surface area contributed by atoms with Gasteiger partial charge in [-0.05, 0) is 53.2 Å². The van der Waals surface area contributed by atoms with Gasteiger partial charge >= 0.3 is 0 Å². The number of halogens is 2. The predicted octanol–water partition coefficient (Wildman–Crippen LogP) is 6.86. The molecule has 38 heavy (non-hydrogen) atoms. The molecule has 0 amide bonds. The summed E-state index contributed by atoms with van der Waals surface area (Å²) >= 11 is 0. The first-order chi connectivity index (χ1) is 18.3. The van der Waals surface area contributed by atoms with Gasteiger partial charge in [0.1, 0.15) is 11.5 Å². The van der Waals surface area contributed by atoms with Crippen molar-refractivity contribution in [3.63, 3.8) is 0 Å². The van der Waals surface area contributed by atoms with E-state index in [1.165, 1.54) is 6.07 Å². The molecule has 0 atom stereocenters. The van der Waals surface area contributed by atoms with Crippen molar-refractivity contribution in [1.82, 2.24) is 9.72 Å². The maximum atomic E-state index is 13.6. The first-order valence-electron chi connectivity index (χ1n) is 11.5. The quantitative estimate of drug-likeness (QED) is 0.254. The summed E-state index contributed by atoms with van der Waals surface area (Å²) < 4.78 is 68.1. The monoisotopic (exact) mass is 531 g/mol. The minimum absolute atomic E-state index is 0.116. The molecule has 190 valence electrons. The zero-order chi connectivity index (χ0) is 26.4. The minimum Gasteiger partial charge on any atom is -0.457 e. The van der Waals surface area contributed by atoms with Gasteiger partial charge in [-0.3, -0.25) is 4.72 Å². The van der Waals surface area contributed by atoms with Crippen LogP contribution < -0.4 is 9.46 Å². The Labute approximate surface area is 215 Å². The van der Waals surface area contributed by atoms with Gasteiger partial charge in [-0.2, -0.15) is 0 Å².